The number of carboxylic acid groups (broad SMARTS) is 2. The Hall–Kier alpha value is -1.17. The standard InChI is InChI=1S/C6H10.CH2O3/c1-3-5-6-4-2;2-1(3)4/h3-4H2,1-2H3;(H2,2,3,4). The van der Waals surface area contributed by atoms with E-state index in [0.29, 0.717) is 0 Å². The number of carbonyl (C=O) groups is 1. The molecule has 0 amide bonds. The lowest BCUT2D eigenvalue weighted by Gasteiger charge is -1.65. The van der Waals surface area contributed by atoms with Crippen molar-refractivity contribution < 1.29 is 15.0 Å². The summed E-state index contributed by atoms with van der Waals surface area (Å²) >= 11 is 0. The van der Waals surface area contributed by atoms with E-state index in [4.69, 9.17) is 15.0 Å². The Morgan fingerprint density at radius 2 is 1.40 bits per heavy atom. The minimum absolute atomic E-state index is 0.994. The Balaban J connectivity index is 0. The summed E-state index contributed by atoms with van der Waals surface area (Å²) in [5.41, 5.74) is 0. The summed E-state index contributed by atoms with van der Waals surface area (Å²) < 4.78 is 0. The zero-order chi connectivity index (χ0) is 8.41. The van der Waals surface area contributed by atoms with Crippen molar-refractivity contribution in [1.82, 2.24) is 0 Å². The molecule has 0 bridgehead atoms. The van der Waals surface area contributed by atoms with E-state index in [-0.39, 0.29) is 0 Å². The lowest BCUT2D eigenvalue weighted by Crippen LogP contribution is -1.81. The van der Waals surface area contributed by atoms with Gasteiger partial charge < -0.3 is 10.2 Å². The maximum Gasteiger partial charge on any atom is 0.503 e. The monoisotopic (exact) mass is 144 g/mol. The second-order valence-electron chi connectivity index (χ2n) is 1.34. The Morgan fingerprint density at radius 1 is 1.20 bits per heavy atom. The SMILES string of the molecule is CCC#CCC.O=C(O)O. The highest BCUT2D eigenvalue weighted by molar-refractivity contribution is 5.53. The molecule has 0 fully saturated rings. The molecule has 0 aliphatic heterocycles. The highest BCUT2D eigenvalue weighted by atomic mass is 16.6. The molecule has 3 heteroatoms. The first kappa shape index (κ1) is 11.6. The molecular weight excluding hydrogens is 132 g/mol. The van der Waals surface area contributed by atoms with Gasteiger partial charge in [0.05, 0.1) is 0 Å². The summed E-state index contributed by atoms with van der Waals surface area (Å²) in [6.45, 7) is 4.12. The van der Waals surface area contributed by atoms with Crippen molar-refractivity contribution in [2.24, 2.45) is 0 Å². The second-order valence-corrected chi connectivity index (χ2v) is 1.34. The zero-order valence-electron chi connectivity index (χ0n) is 6.22. The molecule has 10 heavy (non-hydrogen) atoms. The molecule has 0 radical (unpaired) electrons. The van der Waals surface area contributed by atoms with E-state index in [1.54, 1.807) is 0 Å². The number of hydrogen-bond acceptors (Lipinski definition) is 1. The van der Waals surface area contributed by atoms with Gasteiger partial charge in [0.2, 0.25) is 0 Å². The first-order chi connectivity index (χ1) is 4.65. The average Bonchev–Trinajstić information content (AvgIpc) is 1.82. The molecule has 0 saturated heterocycles. The molecule has 0 spiro atoms. The van der Waals surface area contributed by atoms with Crippen LogP contribution in [0.5, 0.6) is 0 Å². The van der Waals surface area contributed by atoms with Gasteiger partial charge in [-0.1, -0.05) is 13.8 Å². The van der Waals surface area contributed by atoms with Crippen LogP contribution in [0.25, 0.3) is 0 Å². The molecule has 3 nitrogen and oxygen atoms in total. The van der Waals surface area contributed by atoms with Crippen molar-refractivity contribution in [2.45, 2.75) is 26.7 Å². The van der Waals surface area contributed by atoms with Crippen LogP contribution >= 0.6 is 0 Å². The fourth-order valence-electron chi connectivity index (χ4n) is 0.250. The molecule has 2 N–H and O–H groups in total. The molecular formula is C7H12O3. The molecule has 0 saturated carbocycles. The van der Waals surface area contributed by atoms with Crippen LogP contribution in [0.4, 0.5) is 4.79 Å². The van der Waals surface area contributed by atoms with E-state index in [2.05, 4.69) is 25.7 Å². The summed E-state index contributed by atoms with van der Waals surface area (Å²) in [5, 5.41) is 13.9. The van der Waals surface area contributed by atoms with Crippen LogP contribution in [0.3, 0.4) is 0 Å². The molecule has 0 aromatic carbocycles. The highest BCUT2D eigenvalue weighted by Crippen LogP contribution is 1.69. The summed E-state index contributed by atoms with van der Waals surface area (Å²) in [5.74, 6) is 5.90. The van der Waals surface area contributed by atoms with Crippen LogP contribution in [-0.4, -0.2) is 16.4 Å². The number of rotatable bonds is 0. The minimum atomic E-state index is -1.83. The first-order valence-electron chi connectivity index (χ1n) is 3.02. The summed E-state index contributed by atoms with van der Waals surface area (Å²) in [6, 6.07) is 0. The Bertz CT molecular complexity index is 118. The van der Waals surface area contributed by atoms with Crippen LogP contribution in [0.2, 0.25) is 0 Å². The minimum Gasteiger partial charge on any atom is -0.450 e. The van der Waals surface area contributed by atoms with Crippen LogP contribution in [-0.2, 0) is 0 Å². The van der Waals surface area contributed by atoms with Crippen molar-refractivity contribution in [2.75, 3.05) is 0 Å². The topological polar surface area (TPSA) is 57.5 Å². The van der Waals surface area contributed by atoms with Crippen LogP contribution in [0.1, 0.15) is 26.7 Å². The summed E-state index contributed by atoms with van der Waals surface area (Å²) in [4.78, 5) is 8.56. The molecule has 0 rings (SSSR count). The molecule has 0 aliphatic carbocycles. The third kappa shape index (κ3) is 69.3. The van der Waals surface area contributed by atoms with Crippen LogP contribution in [0.15, 0.2) is 0 Å². The largest absolute Gasteiger partial charge is 0.503 e. The average molecular weight is 144 g/mol. The van der Waals surface area contributed by atoms with E-state index in [0.717, 1.165) is 12.8 Å². The van der Waals surface area contributed by atoms with Gasteiger partial charge >= 0.3 is 6.16 Å². The molecule has 0 aromatic rings. The van der Waals surface area contributed by atoms with Crippen molar-refractivity contribution in [3.05, 3.63) is 0 Å². The molecule has 0 aromatic heterocycles. The van der Waals surface area contributed by atoms with Gasteiger partial charge in [0.15, 0.2) is 0 Å². The van der Waals surface area contributed by atoms with Gasteiger partial charge in [-0.2, -0.15) is 0 Å². The molecule has 0 aliphatic rings. The van der Waals surface area contributed by atoms with E-state index in [9.17, 15) is 0 Å². The van der Waals surface area contributed by atoms with Gasteiger partial charge in [-0.3, -0.25) is 0 Å². The van der Waals surface area contributed by atoms with E-state index < -0.39 is 6.16 Å². The Kier molecular flexibility index (Phi) is 12.5. The fraction of sp³-hybridized carbons (Fsp3) is 0.571. The van der Waals surface area contributed by atoms with Crippen molar-refractivity contribution in [3.8, 4) is 11.8 Å². The predicted octanol–water partition coefficient (Wildman–Crippen LogP) is 2.03. The van der Waals surface area contributed by atoms with Gasteiger partial charge in [0, 0.05) is 12.8 Å². The number of hydrogen-bond donors (Lipinski definition) is 2. The van der Waals surface area contributed by atoms with E-state index in [1.165, 1.54) is 0 Å². The predicted molar refractivity (Wildman–Crippen MR) is 39.0 cm³/mol. The Labute approximate surface area is 60.7 Å². The van der Waals surface area contributed by atoms with Crippen molar-refractivity contribution >= 4 is 6.16 Å². The lowest BCUT2D eigenvalue weighted by molar-refractivity contribution is 0.137. The van der Waals surface area contributed by atoms with Gasteiger partial charge in [0.1, 0.15) is 0 Å². The lowest BCUT2D eigenvalue weighted by atomic mass is 10.4. The molecule has 0 heterocycles. The van der Waals surface area contributed by atoms with Crippen LogP contribution in [0, 0.1) is 11.8 Å². The Morgan fingerprint density at radius 3 is 1.50 bits per heavy atom. The quantitative estimate of drug-likeness (QED) is 0.511. The molecule has 58 valence electrons. The summed E-state index contributed by atoms with van der Waals surface area (Å²) in [7, 11) is 0. The van der Waals surface area contributed by atoms with Gasteiger partial charge in [-0.25, -0.2) is 4.79 Å². The van der Waals surface area contributed by atoms with Gasteiger partial charge in [0.25, 0.3) is 0 Å². The molecule has 0 atom stereocenters. The van der Waals surface area contributed by atoms with Crippen LogP contribution < -0.4 is 0 Å². The summed E-state index contributed by atoms with van der Waals surface area (Å²) in [6.07, 6.45) is 0.154. The zero-order valence-corrected chi connectivity index (χ0v) is 6.22. The van der Waals surface area contributed by atoms with Gasteiger partial charge in [-0.15, -0.1) is 11.8 Å². The highest BCUT2D eigenvalue weighted by Gasteiger charge is 1.70. The third-order valence-corrected chi connectivity index (χ3v) is 0.479. The smallest absolute Gasteiger partial charge is 0.450 e. The fourth-order valence-corrected chi connectivity index (χ4v) is 0.250. The van der Waals surface area contributed by atoms with E-state index >= 15 is 0 Å². The van der Waals surface area contributed by atoms with Crippen molar-refractivity contribution in [3.63, 3.8) is 0 Å². The maximum atomic E-state index is 8.56. The third-order valence-electron chi connectivity index (χ3n) is 0.479. The normalized spacial score (nSPS) is 6.20. The maximum absolute atomic E-state index is 8.56. The van der Waals surface area contributed by atoms with Crippen molar-refractivity contribution in [1.29, 1.82) is 0 Å². The molecule has 0 unspecified atom stereocenters. The second kappa shape index (κ2) is 10.7. The van der Waals surface area contributed by atoms with E-state index in [1.807, 2.05) is 0 Å². The van der Waals surface area contributed by atoms with Gasteiger partial charge in [-0.05, 0) is 0 Å². The first-order valence-corrected chi connectivity index (χ1v) is 3.02.